The first-order valence-electron chi connectivity index (χ1n) is 43.5. The van der Waals surface area contributed by atoms with Crippen LogP contribution >= 0.6 is 0 Å². The molecule has 3 aliphatic heterocycles. The molecule has 18 unspecified atom stereocenters. The minimum Gasteiger partial charge on any atom is -0.477 e. The number of aliphatic hydroxyl groups is 11. The van der Waals surface area contributed by atoms with Crippen molar-refractivity contribution in [2.24, 2.45) is 0 Å². The predicted molar refractivity (Wildman–Crippen MR) is 417 cm³/mol. The quantitative estimate of drug-likeness (QED) is 0.0199. The van der Waals surface area contributed by atoms with Crippen LogP contribution < -0.4 is 10.6 Å². The molecule has 18 atom stereocenters. The third-order valence-corrected chi connectivity index (χ3v) is 22.2. The fraction of sp³-hybridized carbons (Fsp3) is 0.940. The molecule has 3 heterocycles. The Hall–Kier alpha value is -2.53. The van der Waals surface area contributed by atoms with Crippen molar-refractivity contribution in [2.45, 2.75) is 477 Å². The summed E-state index contributed by atoms with van der Waals surface area (Å²) in [5, 5.41) is 137. The summed E-state index contributed by atoms with van der Waals surface area (Å²) >= 11 is 0. The van der Waals surface area contributed by atoms with Gasteiger partial charge in [0.2, 0.25) is 11.8 Å². The molecule has 107 heavy (non-hydrogen) atoms. The molecule has 23 heteroatoms. The van der Waals surface area contributed by atoms with Crippen molar-refractivity contribution in [1.29, 1.82) is 0 Å². The summed E-state index contributed by atoms with van der Waals surface area (Å²) in [5.74, 6) is -6.09. The fourth-order valence-electron chi connectivity index (χ4n) is 15.4. The highest BCUT2D eigenvalue weighted by Crippen LogP contribution is 2.39. The van der Waals surface area contributed by atoms with E-state index in [1.807, 2.05) is 0 Å². The largest absolute Gasteiger partial charge is 0.477 e. The first-order chi connectivity index (χ1) is 51.9. The second kappa shape index (κ2) is 62.9. The number of nitrogens with one attached hydrogen (secondary N) is 2. The van der Waals surface area contributed by atoms with E-state index in [0.717, 1.165) is 58.3 Å². The van der Waals surface area contributed by atoms with Crippen molar-refractivity contribution in [3.05, 3.63) is 12.2 Å². The summed E-state index contributed by atoms with van der Waals surface area (Å²) in [6, 6.07) is -2.53. The van der Waals surface area contributed by atoms with Gasteiger partial charge in [-0.05, 0) is 38.5 Å². The van der Waals surface area contributed by atoms with Crippen molar-refractivity contribution >= 4 is 17.8 Å². The van der Waals surface area contributed by atoms with Crippen LogP contribution in [-0.4, -0.2) is 215 Å². The van der Waals surface area contributed by atoms with Gasteiger partial charge in [0.25, 0.3) is 5.79 Å². The molecule has 3 aliphatic rings. The van der Waals surface area contributed by atoms with Crippen molar-refractivity contribution in [3.8, 4) is 0 Å². The number of carbonyl (C=O) groups is 3. The van der Waals surface area contributed by atoms with E-state index in [1.54, 1.807) is 0 Å². The number of carboxylic acid groups (broad SMARTS) is 1. The van der Waals surface area contributed by atoms with Gasteiger partial charge in [-0.2, -0.15) is 0 Å². The van der Waals surface area contributed by atoms with E-state index < -0.39 is 148 Å². The molecule has 0 aliphatic carbocycles. The van der Waals surface area contributed by atoms with Gasteiger partial charge in [0.1, 0.15) is 67.1 Å². The molecule has 630 valence electrons. The number of aliphatic hydroxyl groups excluding tert-OH is 11. The molecule has 0 bridgehead atoms. The Kier molecular flexibility index (Phi) is 58.0. The average Bonchev–Trinajstić information content (AvgIpc) is 0.754. The lowest BCUT2D eigenvalue weighted by atomic mass is 9.88. The highest BCUT2D eigenvalue weighted by molar-refractivity contribution is 5.77. The van der Waals surface area contributed by atoms with Crippen molar-refractivity contribution in [1.82, 2.24) is 10.6 Å². The van der Waals surface area contributed by atoms with E-state index in [1.165, 1.54) is 263 Å². The highest BCUT2D eigenvalue weighted by atomic mass is 16.8. The lowest BCUT2D eigenvalue weighted by Crippen LogP contribution is -2.70. The summed E-state index contributed by atoms with van der Waals surface area (Å²) < 4.78 is 35.0. The van der Waals surface area contributed by atoms with Gasteiger partial charge in [-0.15, -0.1) is 0 Å². The Labute approximate surface area is 645 Å². The normalized spacial score (nSPS) is 26.0. The van der Waals surface area contributed by atoms with Gasteiger partial charge in [-0.1, -0.05) is 321 Å². The molecule has 0 aromatic rings. The van der Waals surface area contributed by atoms with Gasteiger partial charge >= 0.3 is 5.97 Å². The van der Waals surface area contributed by atoms with Gasteiger partial charge in [-0.25, -0.2) is 4.79 Å². The lowest BCUT2D eigenvalue weighted by molar-refractivity contribution is -0.386. The van der Waals surface area contributed by atoms with Gasteiger partial charge in [-0.3, -0.25) is 9.59 Å². The minimum absolute atomic E-state index is 0.227. The molecule has 23 nitrogen and oxygen atoms in total. The molecule has 0 radical (unpaired) electrons. The molecular formula is C84H158N2O21. The van der Waals surface area contributed by atoms with Crippen LogP contribution in [0.4, 0.5) is 0 Å². The molecule has 3 fully saturated rings. The van der Waals surface area contributed by atoms with E-state index >= 15 is 0 Å². The minimum atomic E-state index is -3.08. The average molecular weight is 1530 g/mol. The zero-order valence-electron chi connectivity index (χ0n) is 67.0. The molecule has 3 saturated heterocycles. The maximum absolute atomic E-state index is 13.6. The number of unbranched alkanes of at least 4 members (excludes halogenated alkanes) is 48. The summed E-state index contributed by atoms with van der Waals surface area (Å²) in [6.07, 6.45) is 41.0. The third-order valence-electron chi connectivity index (χ3n) is 22.2. The number of ether oxygens (including phenoxy) is 6. The van der Waals surface area contributed by atoms with Gasteiger partial charge < -0.3 is 100 Å². The lowest BCUT2D eigenvalue weighted by Gasteiger charge is -2.50. The zero-order chi connectivity index (χ0) is 78.1. The van der Waals surface area contributed by atoms with Crippen LogP contribution in [0.25, 0.3) is 0 Å². The summed E-state index contributed by atoms with van der Waals surface area (Å²) in [6.45, 7) is 2.26. The van der Waals surface area contributed by atoms with Gasteiger partial charge in [0.15, 0.2) is 12.6 Å². The number of aliphatic carboxylic acids is 1. The molecule has 0 aromatic carbocycles. The van der Waals surface area contributed by atoms with E-state index in [0.29, 0.717) is 19.3 Å². The van der Waals surface area contributed by atoms with E-state index in [9.17, 15) is 75.7 Å². The predicted octanol–water partition coefficient (Wildman–Crippen LogP) is 12.9. The third kappa shape index (κ3) is 42.4. The van der Waals surface area contributed by atoms with Crippen molar-refractivity contribution in [3.63, 3.8) is 0 Å². The molecule has 0 saturated carbocycles. The number of hydrogen-bond donors (Lipinski definition) is 14. The maximum atomic E-state index is 13.6. The Morgan fingerprint density at radius 3 is 1.26 bits per heavy atom. The van der Waals surface area contributed by atoms with Crippen LogP contribution in [0.5, 0.6) is 0 Å². The Balaban J connectivity index is 1.41. The van der Waals surface area contributed by atoms with Crippen LogP contribution in [0.2, 0.25) is 0 Å². The zero-order valence-corrected chi connectivity index (χ0v) is 67.0. The Morgan fingerprint density at radius 2 is 0.869 bits per heavy atom. The highest BCUT2D eigenvalue weighted by Gasteiger charge is 2.60. The van der Waals surface area contributed by atoms with Crippen LogP contribution in [-0.2, 0) is 42.8 Å². The second-order valence-corrected chi connectivity index (χ2v) is 31.8. The molecule has 0 spiro atoms. The number of amides is 2. The monoisotopic (exact) mass is 1530 g/mol. The Bertz CT molecular complexity index is 2170. The first-order valence-corrected chi connectivity index (χ1v) is 43.5. The van der Waals surface area contributed by atoms with Gasteiger partial charge in [0.05, 0.1) is 50.7 Å². The standard InChI is InChI=1S/C84H158N2O21/c1-4-6-8-10-12-14-16-18-20-22-23-24-25-26-27-28-29-30-31-32-33-34-35-36-37-38-39-40-41-42-44-46-48-50-52-54-56-58-71(94)86-65(66(91)57-55-53-51-49-47-45-43-21-19-17-15-13-11-9-7-5-2)63-102-81-76(98)75(97)78(70(62-89)104-81)105-82-77(99)80(74(96)69(61-88)103-82)107-84(83(100)101)59-67(92)72(85-64(3)90)79(106-84)73(95)68(93)60-87/h30-31,65-70,72-82,87-89,91-93,95-99H,4-29,32-63H2,1-3H3,(H,85,90)(H,86,94)(H,100,101)/b31-30-. The summed E-state index contributed by atoms with van der Waals surface area (Å²) in [4.78, 5) is 38.7. The SMILES string of the molecule is CCCCCCCCCCCCCCCCCC/C=C\CCCCCCCCCCCCCCCCCCCC(=O)NC(COC1OC(CO)C(OC2OC(CO)C(O)C(OC3(C(=O)O)CC(O)C(NC(C)=O)C(C(O)C(O)CO)O3)C2O)C(O)C1O)C(O)CCCCCCCCCCCCCCCCCC. The van der Waals surface area contributed by atoms with Crippen LogP contribution in [0.15, 0.2) is 12.2 Å². The molecule has 14 N–H and O–H groups in total. The van der Waals surface area contributed by atoms with Gasteiger partial charge in [0, 0.05) is 19.8 Å². The summed E-state index contributed by atoms with van der Waals surface area (Å²) in [5.41, 5.74) is 0. The summed E-state index contributed by atoms with van der Waals surface area (Å²) in [7, 11) is 0. The van der Waals surface area contributed by atoms with Crippen LogP contribution in [0.3, 0.4) is 0 Å². The molecular weight excluding hydrogens is 1370 g/mol. The Morgan fingerprint density at radius 1 is 0.477 bits per heavy atom. The topological polar surface area (TPSA) is 373 Å². The van der Waals surface area contributed by atoms with Crippen molar-refractivity contribution in [2.75, 3.05) is 26.4 Å². The molecule has 3 rings (SSSR count). The van der Waals surface area contributed by atoms with Crippen molar-refractivity contribution < 1.29 is 104 Å². The maximum Gasteiger partial charge on any atom is 0.364 e. The van der Waals surface area contributed by atoms with E-state index in [-0.39, 0.29) is 18.9 Å². The van der Waals surface area contributed by atoms with Crippen LogP contribution in [0, 0.1) is 0 Å². The van der Waals surface area contributed by atoms with E-state index in [4.69, 9.17) is 28.4 Å². The number of carboxylic acids is 1. The number of carbonyl (C=O) groups excluding carboxylic acids is 2. The number of hydrogen-bond acceptors (Lipinski definition) is 20. The molecule has 0 aromatic heterocycles. The first kappa shape index (κ1) is 98.7. The second-order valence-electron chi connectivity index (χ2n) is 31.8. The van der Waals surface area contributed by atoms with E-state index in [2.05, 4.69) is 36.6 Å². The number of allylic oxidation sites excluding steroid dienone is 2. The smallest absolute Gasteiger partial charge is 0.364 e. The fourth-order valence-corrected chi connectivity index (χ4v) is 15.4. The number of rotatable bonds is 70. The molecule has 2 amide bonds. The van der Waals surface area contributed by atoms with Crippen LogP contribution in [0.1, 0.15) is 367 Å².